The summed E-state index contributed by atoms with van der Waals surface area (Å²) in [5.74, 6) is 0.378. The summed E-state index contributed by atoms with van der Waals surface area (Å²) >= 11 is 1.63. The van der Waals surface area contributed by atoms with E-state index in [-0.39, 0.29) is 11.7 Å². The van der Waals surface area contributed by atoms with Crippen LogP contribution in [-0.4, -0.2) is 34.4 Å². The van der Waals surface area contributed by atoms with Crippen LogP contribution >= 0.6 is 11.8 Å². The van der Waals surface area contributed by atoms with E-state index in [1.165, 1.54) is 6.92 Å². The Morgan fingerprint density at radius 3 is 2.48 bits per heavy atom. The first-order valence-corrected chi connectivity index (χ1v) is 9.84. The fraction of sp³-hybridized carbons (Fsp3) is 0.286. The van der Waals surface area contributed by atoms with Crippen LogP contribution in [0.5, 0.6) is 5.75 Å². The van der Waals surface area contributed by atoms with Gasteiger partial charge in [-0.3, -0.25) is 9.59 Å². The number of Topliss-reactive ketones (excluding diaryl/α,β-unsaturated/α-hetero) is 1. The molecule has 0 unspecified atom stereocenters. The molecule has 2 fully saturated rings. The zero-order valence-electron chi connectivity index (χ0n) is 14.9. The monoisotopic (exact) mass is 381 g/mol. The number of benzene rings is 2. The van der Waals surface area contributed by atoms with Crippen molar-refractivity contribution in [3.63, 3.8) is 0 Å². The minimum Gasteiger partial charge on any atom is -0.425 e. The maximum absolute atomic E-state index is 12.8. The molecule has 27 heavy (non-hydrogen) atoms. The summed E-state index contributed by atoms with van der Waals surface area (Å²) in [6.07, 6.45) is 1.12. The van der Waals surface area contributed by atoms with Gasteiger partial charge in [0, 0.05) is 17.7 Å². The molecule has 0 bridgehead atoms. The molecule has 0 aromatic heterocycles. The Morgan fingerprint density at radius 2 is 1.81 bits per heavy atom. The van der Waals surface area contributed by atoms with E-state index in [2.05, 4.69) is 0 Å². The van der Waals surface area contributed by atoms with Crippen molar-refractivity contribution in [3.8, 4) is 5.75 Å². The second kappa shape index (κ2) is 6.85. The Hall–Kier alpha value is -2.60. The van der Waals surface area contributed by atoms with Gasteiger partial charge in [-0.05, 0) is 43.2 Å². The van der Waals surface area contributed by atoms with E-state index in [4.69, 9.17) is 4.74 Å². The quantitative estimate of drug-likeness (QED) is 0.461. The zero-order valence-corrected chi connectivity index (χ0v) is 15.7. The SMILES string of the molecule is CC(=O)c1ccc(OC(=O)[C@H]2CS[C@]3(c4ccccc4)CCC(=O)N23)cc1. The van der Waals surface area contributed by atoms with E-state index in [0.29, 0.717) is 29.9 Å². The molecule has 2 aliphatic rings. The van der Waals surface area contributed by atoms with Crippen LogP contribution in [0.2, 0.25) is 0 Å². The van der Waals surface area contributed by atoms with Gasteiger partial charge in [-0.15, -0.1) is 11.8 Å². The number of fused-ring (bicyclic) bond motifs is 1. The predicted molar refractivity (Wildman–Crippen MR) is 103 cm³/mol. The molecule has 138 valence electrons. The van der Waals surface area contributed by atoms with Crippen molar-refractivity contribution >= 4 is 29.4 Å². The van der Waals surface area contributed by atoms with Crippen LogP contribution in [0.25, 0.3) is 0 Å². The smallest absolute Gasteiger partial charge is 0.335 e. The van der Waals surface area contributed by atoms with Crippen LogP contribution < -0.4 is 4.74 Å². The lowest BCUT2D eigenvalue weighted by Gasteiger charge is -2.33. The lowest BCUT2D eigenvalue weighted by molar-refractivity contribution is -0.146. The van der Waals surface area contributed by atoms with Crippen LogP contribution in [0.4, 0.5) is 0 Å². The van der Waals surface area contributed by atoms with Gasteiger partial charge < -0.3 is 9.64 Å². The summed E-state index contributed by atoms with van der Waals surface area (Å²) < 4.78 is 5.51. The van der Waals surface area contributed by atoms with Crippen LogP contribution in [0.1, 0.15) is 35.7 Å². The third kappa shape index (κ3) is 3.04. The van der Waals surface area contributed by atoms with Crippen molar-refractivity contribution < 1.29 is 19.1 Å². The van der Waals surface area contributed by atoms with Crippen molar-refractivity contribution in [1.29, 1.82) is 0 Å². The molecule has 5 nitrogen and oxygen atoms in total. The Bertz CT molecular complexity index is 896. The van der Waals surface area contributed by atoms with Crippen molar-refractivity contribution in [3.05, 3.63) is 65.7 Å². The molecule has 2 aromatic carbocycles. The summed E-state index contributed by atoms with van der Waals surface area (Å²) in [6, 6.07) is 15.7. The Kier molecular flexibility index (Phi) is 4.52. The van der Waals surface area contributed by atoms with E-state index >= 15 is 0 Å². The van der Waals surface area contributed by atoms with E-state index in [1.807, 2.05) is 30.3 Å². The van der Waals surface area contributed by atoms with Crippen molar-refractivity contribution in [2.75, 3.05) is 5.75 Å². The molecule has 0 aliphatic carbocycles. The molecule has 2 atom stereocenters. The molecule has 6 heteroatoms. The molecule has 0 spiro atoms. The highest BCUT2D eigenvalue weighted by atomic mass is 32.2. The highest BCUT2D eigenvalue weighted by Crippen LogP contribution is 2.54. The van der Waals surface area contributed by atoms with Gasteiger partial charge in [-0.2, -0.15) is 0 Å². The van der Waals surface area contributed by atoms with Gasteiger partial charge in [-0.25, -0.2) is 4.79 Å². The van der Waals surface area contributed by atoms with Crippen LogP contribution in [0.3, 0.4) is 0 Å². The van der Waals surface area contributed by atoms with E-state index in [1.54, 1.807) is 40.9 Å². The summed E-state index contributed by atoms with van der Waals surface area (Å²) in [4.78, 5) is 38.0. The maximum Gasteiger partial charge on any atom is 0.335 e. The first kappa shape index (κ1) is 17.8. The van der Waals surface area contributed by atoms with Gasteiger partial charge in [0.15, 0.2) is 5.78 Å². The third-order valence-corrected chi connectivity index (χ3v) is 6.70. The second-order valence-electron chi connectivity index (χ2n) is 6.74. The number of ketones is 1. The summed E-state index contributed by atoms with van der Waals surface area (Å²) in [7, 11) is 0. The molecule has 4 rings (SSSR count). The predicted octanol–water partition coefficient (Wildman–Crippen LogP) is 3.39. The van der Waals surface area contributed by atoms with Crippen LogP contribution in [0.15, 0.2) is 54.6 Å². The topological polar surface area (TPSA) is 63.7 Å². The molecule has 0 N–H and O–H groups in total. The average molecular weight is 381 g/mol. The Balaban J connectivity index is 1.56. The number of rotatable bonds is 4. The second-order valence-corrected chi connectivity index (χ2v) is 8.04. The van der Waals surface area contributed by atoms with Crippen LogP contribution in [-0.2, 0) is 14.5 Å². The first-order chi connectivity index (χ1) is 13.0. The molecule has 2 aromatic rings. The molecule has 1 amide bonds. The number of carbonyl (C=O) groups excluding carboxylic acids is 3. The Morgan fingerprint density at radius 1 is 1.11 bits per heavy atom. The molecular weight excluding hydrogens is 362 g/mol. The number of esters is 1. The minimum atomic E-state index is -0.613. The third-order valence-electron chi connectivity index (χ3n) is 5.10. The van der Waals surface area contributed by atoms with Gasteiger partial charge in [0.1, 0.15) is 16.7 Å². The number of carbonyl (C=O) groups is 3. The van der Waals surface area contributed by atoms with Crippen molar-refractivity contribution in [2.24, 2.45) is 0 Å². The lowest BCUT2D eigenvalue weighted by atomic mass is 10.0. The fourth-order valence-corrected chi connectivity index (χ4v) is 5.39. The van der Waals surface area contributed by atoms with Crippen LogP contribution in [0, 0.1) is 0 Å². The number of thioether (sulfide) groups is 1. The molecule has 2 aliphatic heterocycles. The van der Waals surface area contributed by atoms with Gasteiger partial charge >= 0.3 is 5.97 Å². The molecule has 2 heterocycles. The highest BCUT2D eigenvalue weighted by molar-refractivity contribution is 8.00. The number of hydrogen-bond acceptors (Lipinski definition) is 5. The van der Waals surface area contributed by atoms with Gasteiger partial charge in [0.2, 0.25) is 5.91 Å². The normalized spacial score (nSPS) is 24.0. The standard InChI is InChI=1S/C21H19NO4S/c1-14(23)15-7-9-17(10-8-15)26-20(25)18-13-27-21(12-11-19(24)22(18)21)16-5-3-2-4-6-16/h2-10,18H,11-13H2,1H3/t18-,21+/m1/s1. The van der Waals surface area contributed by atoms with Gasteiger partial charge in [0.25, 0.3) is 0 Å². The van der Waals surface area contributed by atoms with E-state index in [0.717, 1.165) is 5.56 Å². The maximum atomic E-state index is 12.8. The van der Waals surface area contributed by atoms with Crippen molar-refractivity contribution in [2.45, 2.75) is 30.7 Å². The number of ether oxygens (including phenoxy) is 1. The number of amides is 1. The largest absolute Gasteiger partial charge is 0.425 e. The van der Waals surface area contributed by atoms with E-state index < -0.39 is 16.9 Å². The average Bonchev–Trinajstić information content (AvgIpc) is 3.22. The summed E-state index contributed by atoms with van der Waals surface area (Å²) in [6.45, 7) is 1.49. The summed E-state index contributed by atoms with van der Waals surface area (Å²) in [5, 5.41) is 0. The Labute approximate surface area is 161 Å². The number of nitrogens with zero attached hydrogens (tertiary/aromatic N) is 1. The van der Waals surface area contributed by atoms with E-state index in [9.17, 15) is 14.4 Å². The first-order valence-electron chi connectivity index (χ1n) is 8.85. The zero-order chi connectivity index (χ0) is 19.0. The minimum absolute atomic E-state index is 0.0160. The molecule has 2 saturated heterocycles. The van der Waals surface area contributed by atoms with Gasteiger partial charge in [0.05, 0.1) is 0 Å². The number of hydrogen-bond donors (Lipinski definition) is 0. The highest BCUT2D eigenvalue weighted by Gasteiger charge is 2.57. The molecule has 0 radical (unpaired) electrons. The fourth-order valence-electron chi connectivity index (χ4n) is 3.76. The lowest BCUT2D eigenvalue weighted by Crippen LogP contribution is -2.47. The van der Waals surface area contributed by atoms with Gasteiger partial charge in [-0.1, -0.05) is 30.3 Å². The van der Waals surface area contributed by atoms with Crippen molar-refractivity contribution in [1.82, 2.24) is 4.90 Å². The molecular formula is C21H19NO4S. The summed E-state index contributed by atoms with van der Waals surface area (Å²) in [5.41, 5.74) is 1.60. The molecule has 0 saturated carbocycles.